The van der Waals surface area contributed by atoms with Crippen molar-refractivity contribution < 1.29 is 9.53 Å². The quantitative estimate of drug-likeness (QED) is 0.415. The zero-order valence-corrected chi connectivity index (χ0v) is 17.3. The maximum Gasteiger partial charge on any atom is 0.265 e. The predicted octanol–water partition coefficient (Wildman–Crippen LogP) is 5.23. The first-order chi connectivity index (χ1) is 15.2. The van der Waals surface area contributed by atoms with Crippen LogP contribution in [0.4, 0.5) is 5.69 Å². The van der Waals surface area contributed by atoms with E-state index in [0.29, 0.717) is 33.2 Å². The van der Waals surface area contributed by atoms with Crippen LogP contribution in [0.5, 0.6) is 11.6 Å². The topological polar surface area (TPSA) is 81.9 Å². The van der Waals surface area contributed by atoms with E-state index in [4.69, 9.17) is 4.74 Å². The maximum atomic E-state index is 12.4. The third kappa shape index (κ3) is 3.76. The molecule has 0 atom stereocenters. The molecule has 3 aromatic heterocycles. The number of benzene rings is 2. The van der Waals surface area contributed by atoms with Crippen molar-refractivity contribution in [3.8, 4) is 17.3 Å². The monoisotopic (exact) mass is 427 g/mol. The summed E-state index contributed by atoms with van der Waals surface area (Å²) >= 11 is 1.42. The van der Waals surface area contributed by atoms with Crippen LogP contribution < -0.4 is 10.1 Å². The first-order valence-electron chi connectivity index (χ1n) is 9.56. The molecule has 8 heteroatoms. The molecule has 0 aliphatic rings. The van der Waals surface area contributed by atoms with Crippen LogP contribution in [0.25, 0.3) is 16.7 Å². The van der Waals surface area contributed by atoms with Crippen molar-refractivity contribution in [3.05, 3.63) is 89.0 Å². The van der Waals surface area contributed by atoms with Crippen molar-refractivity contribution in [2.45, 2.75) is 6.92 Å². The third-order valence-electron chi connectivity index (χ3n) is 4.73. The summed E-state index contributed by atoms with van der Waals surface area (Å²) in [6.07, 6.45) is 3.15. The van der Waals surface area contributed by atoms with Gasteiger partial charge in [0.05, 0.1) is 16.8 Å². The zero-order valence-electron chi connectivity index (χ0n) is 16.5. The highest BCUT2D eigenvalue weighted by Gasteiger charge is 2.14. The number of hydrogen-bond acceptors (Lipinski definition) is 6. The van der Waals surface area contributed by atoms with Gasteiger partial charge in [0.1, 0.15) is 17.5 Å². The summed E-state index contributed by atoms with van der Waals surface area (Å²) < 4.78 is 7.72. The lowest BCUT2D eigenvalue weighted by Crippen LogP contribution is -2.11. The highest BCUT2D eigenvalue weighted by molar-refractivity contribution is 7.12. The van der Waals surface area contributed by atoms with Gasteiger partial charge in [0, 0.05) is 5.69 Å². The molecular formula is C23H17N5O2S. The Morgan fingerprint density at radius 2 is 1.84 bits per heavy atom. The minimum Gasteiger partial charge on any atom is -0.438 e. The summed E-state index contributed by atoms with van der Waals surface area (Å²) in [7, 11) is 0. The third-order valence-corrected chi connectivity index (χ3v) is 5.74. The van der Waals surface area contributed by atoms with E-state index in [-0.39, 0.29) is 5.91 Å². The Balaban J connectivity index is 1.36. The molecule has 5 aromatic rings. The average Bonchev–Trinajstić information content (AvgIpc) is 3.42. The molecule has 3 heterocycles. The van der Waals surface area contributed by atoms with E-state index in [9.17, 15) is 4.79 Å². The highest BCUT2D eigenvalue weighted by atomic mass is 32.1. The van der Waals surface area contributed by atoms with Crippen LogP contribution in [-0.4, -0.2) is 25.7 Å². The second kappa shape index (κ2) is 8.00. The van der Waals surface area contributed by atoms with Crippen LogP contribution in [0.15, 0.2) is 78.6 Å². The number of nitrogens with one attached hydrogen (secondary N) is 1. The molecule has 7 nitrogen and oxygen atoms in total. The molecule has 0 spiro atoms. The number of aryl methyl sites for hydroxylation is 1. The number of thiophene rings is 1. The molecule has 2 aromatic carbocycles. The van der Waals surface area contributed by atoms with E-state index >= 15 is 0 Å². The summed E-state index contributed by atoms with van der Waals surface area (Å²) in [5.74, 6) is 0.892. The fraction of sp³-hybridized carbons (Fsp3) is 0.0435. The molecule has 5 rings (SSSR count). The molecule has 1 N–H and O–H groups in total. The lowest BCUT2D eigenvalue weighted by molar-refractivity contribution is 0.103. The lowest BCUT2D eigenvalue weighted by Gasteiger charge is -2.08. The summed E-state index contributed by atoms with van der Waals surface area (Å²) in [6.45, 7) is 1.92. The van der Waals surface area contributed by atoms with E-state index in [1.807, 2.05) is 48.7 Å². The van der Waals surface area contributed by atoms with Gasteiger partial charge >= 0.3 is 0 Å². The van der Waals surface area contributed by atoms with E-state index in [2.05, 4.69) is 20.4 Å². The molecule has 0 bridgehead atoms. The Labute approximate surface area is 182 Å². The number of carbonyl (C=O) groups is 1. The van der Waals surface area contributed by atoms with Crippen molar-refractivity contribution in [1.82, 2.24) is 19.7 Å². The fourth-order valence-electron chi connectivity index (χ4n) is 3.17. The van der Waals surface area contributed by atoms with Gasteiger partial charge in [-0.1, -0.05) is 18.2 Å². The van der Waals surface area contributed by atoms with Crippen LogP contribution in [0, 0.1) is 6.92 Å². The number of carbonyl (C=O) groups excluding carboxylic acids is 1. The normalized spacial score (nSPS) is 10.9. The molecule has 0 saturated heterocycles. The summed E-state index contributed by atoms with van der Waals surface area (Å²) in [4.78, 5) is 21.7. The van der Waals surface area contributed by atoms with Crippen molar-refractivity contribution in [2.75, 3.05) is 5.32 Å². The lowest BCUT2D eigenvalue weighted by atomic mass is 10.2. The number of fused-ring (bicyclic) bond motifs is 1. The van der Waals surface area contributed by atoms with Gasteiger partial charge in [-0.05, 0) is 60.3 Å². The van der Waals surface area contributed by atoms with Crippen molar-refractivity contribution in [2.24, 2.45) is 0 Å². The molecule has 0 unspecified atom stereocenters. The summed E-state index contributed by atoms with van der Waals surface area (Å²) in [5.41, 5.74) is 3.22. The van der Waals surface area contributed by atoms with Gasteiger partial charge in [-0.3, -0.25) is 4.79 Å². The summed E-state index contributed by atoms with van der Waals surface area (Å²) in [5, 5.41) is 9.95. The van der Waals surface area contributed by atoms with E-state index in [1.165, 1.54) is 17.7 Å². The Kier molecular flexibility index (Phi) is 4.89. The first-order valence-corrected chi connectivity index (χ1v) is 10.4. The van der Waals surface area contributed by atoms with Gasteiger partial charge in [-0.25, -0.2) is 14.6 Å². The van der Waals surface area contributed by atoms with Crippen molar-refractivity contribution >= 4 is 34.0 Å². The summed E-state index contributed by atoms with van der Waals surface area (Å²) in [6, 6.07) is 18.8. The Morgan fingerprint density at radius 1 is 1.03 bits per heavy atom. The number of para-hydroxylation sites is 1. The largest absolute Gasteiger partial charge is 0.438 e. The standard InChI is InChI=1S/C23H17N5O2S/c1-15-11-12-31-20(15)22(29)27-16-7-9-18(10-8-16)30-23-19-13-26-28(21(19)24-14-25-23)17-5-3-2-4-6-17/h2-14H,1H3,(H,27,29). The average molecular weight is 427 g/mol. The molecule has 0 saturated carbocycles. The number of aromatic nitrogens is 4. The fourth-order valence-corrected chi connectivity index (χ4v) is 3.99. The van der Waals surface area contributed by atoms with Gasteiger partial charge in [0.15, 0.2) is 5.65 Å². The van der Waals surface area contributed by atoms with E-state index in [1.54, 1.807) is 35.1 Å². The number of rotatable bonds is 5. The number of anilines is 1. The van der Waals surface area contributed by atoms with E-state index in [0.717, 1.165) is 11.3 Å². The van der Waals surface area contributed by atoms with Gasteiger partial charge in [-0.2, -0.15) is 5.10 Å². The van der Waals surface area contributed by atoms with Crippen LogP contribution >= 0.6 is 11.3 Å². The van der Waals surface area contributed by atoms with Gasteiger partial charge < -0.3 is 10.1 Å². The SMILES string of the molecule is Cc1ccsc1C(=O)Nc1ccc(Oc2ncnc3c2cnn3-c2ccccc2)cc1. The molecule has 1 amide bonds. The first kappa shape index (κ1) is 19.0. The number of amides is 1. The molecule has 31 heavy (non-hydrogen) atoms. The highest BCUT2D eigenvalue weighted by Crippen LogP contribution is 2.28. The Hall–Kier alpha value is -4.04. The molecule has 0 aliphatic carbocycles. The van der Waals surface area contributed by atoms with E-state index < -0.39 is 0 Å². The van der Waals surface area contributed by atoms with Crippen molar-refractivity contribution in [3.63, 3.8) is 0 Å². The molecule has 0 fully saturated rings. The van der Waals surface area contributed by atoms with Crippen LogP contribution in [-0.2, 0) is 0 Å². The molecular weight excluding hydrogens is 410 g/mol. The minimum atomic E-state index is -0.119. The van der Waals surface area contributed by atoms with Gasteiger partial charge in [0.2, 0.25) is 5.88 Å². The number of ether oxygens (including phenoxy) is 1. The Bertz CT molecular complexity index is 1360. The van der Waals surface area contributed by atoms with Crippen LogP contribution in [0.3, 0.4) is 0 Å². The number of nitrogens with zero attached hydrogens (tertiary/aromatic N) is 4. The van der Waals surface area contributed by atoms with Crippen molar-refractivity contribution in [1.29, 1.82) is 0 Å². The van der Waals surface area contributed by atoms with Gasteiger partial charge in [-0.15, -0.1) is 11.3 Å². The molecule has 0 aliphatic heterocycles. The maximum absolute atomic E-state index is 12.4. The van der Waals surface area contributed by atoms with Crippen LogP contribution in [0.1, 0.15) is 15.2 Å². The van der Waals surface area contributed by atoms with Gasteiger partial charge in [0.25, 0.3) is 5.91 Å². The zero-order chi connectivity index (χ0) is 21.2. The number of hydrogen-bond donors (Lipinski definition) is 1. The molecule has 0 radical (unpaired) electrons. The molecule has 152 valence electrons. The smallest absolute Gasteiger partial charge is 0.265 e. The Morgan fingerprint density at radius 3 is 2.58 bits per heavy atom. The van der Waals surface area contributed by atoms with Crippen LogP contribution in [0.2, 0.25) is 0 Å². The second-order valence-corrected chi connectivity index (χ2v) is 7.74. The predicted molar refractivity (Wildman–Crippen MR) is 120 cm³/mol. The second-order valence-electron chi connectivity index (χ2n) is 6.82. The minimum absolute atomic E-state index is 0.119.